The Kier molecular flexibility index (Phi) is 2.13. The summed E-state index contributed by atoms with van der Waals surface area (Å²) >= 11 is 3.60. The standard InChI is InChI=1S/C12H11BrN2/c13-11-4-2-1-3-8(11)9-7-10(9)12-14-5-6-15-12/h1-6,9-10H,7H2,(H,14,15). The highest BCUT2D eigenvalue weighted by molar-refractivity contribution is 9.10. The second kappa shape index (κ2) is 3.49. The third-order valence-electron chi connectivity index (χ3n) is 2.97. The summed E-state index contributed by atoms with van der Waals surface area (Å²) in [4.78, 5) is 7.50. The predicted molar refractivity (Wildman–Crippen MR) is 62.8 cm³/mol. The van der Waals surface area contributed by atoms with Crippen LogP contribution < -0.4 is 0 Å². The van der Waals surface area contributed by atoms with Crippen LogP contribution in [0, 0.1) is 0 Å². The molecule has 76 valence electrons. The van der Waals surface area contributed by atoms with E-state index < -0.39 is 0 Å². The molecule has 0 saturated heterocycles. The van der Waals surface area contributed by atoms with Crippen LogP contribution in [0.5, 0.6) is 0 Å². The Morgan fingerprint density at radius 1 is 1.27 bits per heavy atom. The van der Waals surface area contributed by atoms with E-state index in [4.69, 9.17) is 0 Å². The van der Waals surface area contributed by atoms with Crippen LogP contribution in [-0.4, -0.2) is 9.97 Å². The summed E-state index contributed by atoms with van der Waals surface area (Å²) in [6, 6.07) is 8.44. The molecule has 1 N–H and O–H groups in total. The first kappa shape index (κ1) is 9.16. The van der Waals surface area contributed by atoms with Gasteiger partial charge in [0, 0.05) is 22.8 Å². The van der Waals surface area contributed by atoms with E-state index in [9.17, 15) is 0 Å². The van der Waals surface area contributed by atoms with Crippen molar-refractivity contribution in [2.24, 2.45) is 0 Å². The second-order valence-corrected chi connectivity index (χ2v) is 4.80. The maximum atomic E-state index is 4.31. The Hall–Kier alpha value is -1.09. The summed E-state index contributed by atoms with van der Waals surface area (Å²) in [6.45, 7) is 0. The number of nitrogens with one attached hydrogen (secondary N) is 1. The van der Waals surface area contributed by atoms with Crippen molar-refractivity contribution in [3.63, 3.8) is 0 Å². The number of rotatable bonds is 2. The lowest BCUT2D eigenvalue weighted by atomic mass is 10.1. The number of nitrogens with zero attached hydrogens (tertiary/aromatic N) is 1. The van der Waals surface area contributed by atoms with E-state index in [2.05, 4.69) is 50.2 Å². The van der Waals surface area contributed by atoms with Gasteiger partial charge in [-0.3, -0.25) is 0 Å². The lowest BCUT2D eigenvalue weighted by Crippen LogP contribution is -1.87. The van der Waals surface area contributed by atoms with Crippen molar-refractivity contribution in [2.45, 2.75) is 18.3 Å². The van der Waals surface area contributed by atoms with Crippen LogP contribution in [-0.2, 0) is 0 Å². The molecule has 1 aliphatic rings. The Bertz CT molecular complexity index is 464. The quantitative estimate of drug-likeness (QED) is 0.883. The molecule has 1 aromatic carbocycles. The molecule has 1 heterocycles. The lowest BCUT2D eigenvalue weighted by molar-refractivity contribution is 0.928. The van der Waals surface area contributed by atoms with Gasteiger partial charge in [-0.15, -0.1) is 0 Å². The molecule has 2 nitrogen and oxygen atoms in total. The lowest BCUT2D eigenvalue weighted by Gasteiger charge is -2.01. The fourth-order valence-electron chi connectivity index (χ4n) is 2.10. The molecule has 0 bridgehead atoms. The molecule has 2 unspecified atom stereocenters. The topological polar surface area (TPSA) is 28.7 Å². The van der Waals surface area contributed by atoms with E-state index in [1.165, 1.54) is 16.5 Å². The van der Waals surface area contributed by atoms with E-state index in [1.54, 1.807) is 0 Å². The first-order valence-corrected chi connectivity index (χ1v) is 5.89. The van der Waals surface area contributed by atoms with Gasteiger partial charge in [0.05, 0.1) is 0 Å². The average molecular weight is 263 g/mol. The molecular weight excluding hydrogens is 252 g/mol. The number of H-pyrrole nitrogens is 1. The maximum Gasteiger partial charge on any atom is 0.109 e. The SMILES string of the molecule is Brc1ccccc1C1CC1c1ncc[nH]1. The Morgan fingerprint density at radius 3 is 2.87 bits per heavy atom. The Labute approximate surface area is 96.9 Å². The number of benzene rings is 1. The van der Waals surface area contributed by atoms with Crippen molar-refractivity contribution in [1.82, 2.24) is 9.97 Å². The number of halogens is 1. The maximum absolute atomic E-state index is 4.31. The van der Waals surface area contributed by atoms with E-state index >= 15 is 0 Å². The summed E-state index contributed by atoms with van der Waals surface area (Å²) in [5.74, 6) is 2.33. The van der Waals surface area contributed by atoms with E-state index in [0.717, 1.165) is 5.82 Å². The molecule has 1 aromatic heterocycles. The van der Waals surface area contributed by atoms with Crippen LogP contribution in [0.3, 0.4) is 0 Å². The molecule has 2 aromatic rings. The summed E-state index contributed by atoms with van der Waals surface area (Å²) in [5.41, 5.74) is 1.40. The first-order valence-electron chi connectivity index (χ1n) is 5.10. The fourth-order valence-corrected chi connectivity index (χ4v) is 2.68. The van der Waals surface area contributed by atoms with Gasteiger partial charge in [0.25, 0.3) is 0 Å². The van der Waals surface area contributed by atoms with Crippen LogP contribution in [0.2, 0.25) is 0 Å². The third kappa shape index (κ3) is 1.61. The molecule has 0 amide bonds. The van der Waals surface area contributed by atoms with Crippen LogP contribution in [0.25, 0.3) is 0 Å². The number of imidazole rings is 1. The van der Waals surface area contributed by atoms with Crippen molar-refractivity contribution in [3.8, 4) is 0 Å². The Balaban J connectivity index is 1.86. The van der Waals surface area contributed by atoms with Crippen LogP contribution in [0.1, 0.15) is 29.6 Å². The number of aromatic amines is 1. The third-order valence-corrected chi connectivity index (χ3v) is 3.69. The molecule has 3 rings (SSSR count). The highest BCUT2D eigenvalue weighted by Gasteiger charge is 2.42. The van der Waals surface area contributed by atoms with Crippen LogP contribution >= 0.6 is 15.9 Å². The molecule has 2 atom stereocenters. The van der Waals surface area contributed by atoms with Gasteiger partial charge in [-0.1, -0.05) is 34.1 Å². The molecule has 1 fully saturated rings. The van der Waals surface area contributed by atoms with Gasteiger partial charge in [-0.05, 0) is 24.0 Å². The van der Waals surface area contributed by atoms with Crippen molar-refractivity contribution < 1.29 is 0 Å². The summed E-state index contributed by atoms with van der Waals surface area (Å²) in [5, 5.41) is 0. The smallest absolute Gasteiger partial charge is 0.109 e. The zero-order valence-electron chi connectivity index (χ0n) is 8.15. The van der Waals surface area contributed by atoms with Crippen LogP contribution in [0.4, 0.5) is 0 Å². The van der Waals surface area contributed by atoms with Crippen LogP contribution in [0.15, 0.2) is 41.1 Å². The van der Waals surface area contributed by atoms with Crippen molar-refractivity contribution >= 4 is 15.9 Å². The molecule has 15 heavy (non-hydrogen) atoms. The van der Waals surface area contributed by atoms with Gasteiger partial charge < -0.3 is 4.98 Å². The molecule has 0 aliphatic heterocycles. The summed E-state index contributed by atoms with van der Waals surface area (Å²) in [6.07, 6.45) is 4.92. The van der Waals surface area contributed by atoms with Crippen molar-refractivity contribution in [3.05, 3.63) is 52.5 Å². The predicted octanol–water partition coefficient (Wildman–Crippen LogP) is 3.44. The molecule has 0 spiro atoms. The molecule has 1 saturated carbocycles. The number of hydrogen-bond donors (Lipinski definition) is 1. The normalized spacial score (nSPS) is 24.1. The molecule has 1 aliphatic carbocycles. The van der Waals surface area contributed by atoms with E-state index in [1.807, 2.05) is 12.4 Å². The minimum absolute atomic E-state index is 0.582. The van der Waals surface area contributed by atoms with Gasteiger partial charge in [0.1, 0.15) is 5.82 Å². The minimum Gasteiger partial charge on any atom is -0.348 e. The van der Waals surface area contributed by atoms with Crippen molar-refractivity contribution in [2.75, 3.05) is 0 Å². The molecular formula is C12H11BrN2. The van der Waals surface area contributed by atoms with Gasteiger partial charge in [-0.25, -0.2) is 4.98 Å². The van der Waals surface area contributed by atoms with E-state index in [-0.39, 0.29) is 0 Å². The van der Waals surface area contributed by atoms with Gasteiger partial charge >= 0.3 is 0 Å². The Morgan fingerprint density at radius 2 is 2.13 bits per heavy atom. The zero-order chi connectivity index (χ0) is 10.3. The second-order valence-electron chi connectivity index (χ2n) is 3.94. The summed E-state index contributed by atoms with van der Waals surface area (Å²) in [7, 11) is 0. The highest BCUT2D eigenvalue weighted by atomic mass is 79.9. The molecule has 3 heteroatoms. The minimum atomic E-state index is 0.582. The first-order chi connectivity index (χ1) is 7.36. The largest absolute Gasteiger partial charge is 0.348 e. The van der Waals surface area contributed by atoms with E-state index in [0.29, 0.717) is 11.8 Å². The zero-order valence-corrected chi connectivity index (χ0v) is 9.74. The monoisotopic (exact) mass is 262 g/mol. The van der Waals surface area contributed by atoms with Gasteiger partial charge in [-0.2, -0.15) is 0 Å². The number of hydrogen-bond acceptors (Lipinski definition) is 1. The molecule has 0 radical (unpaired) electrons. The summed E-state index contributed by atoms with van der Waals surface area (Å²) < 4.78 is 1.21. The highest BCUT2D eigenvalue weighted by Crippen LogP contribution is 2.54. The van der Waals surface area contributed by atoms with Gasteiger partial charge in [0.15, 0.2) is 0 Å². The van der Waals surface area contributed by atoms with Crippen molar-refractivity contribution in [1.29, 1.82) is 0 Å². The van der Waals surface area contributed by atoms with Gasteiger partial charge in [0.2, 0.25) is 0 Å². The fraction of sp³-hybridized carbons (Fsp3) is 0.250. The number of aromatic nitrogens is 2. The average Bonchev–Trinajstić information content (AvgIpc) is 2.85.